The predicted octanol–water partition coefficient (Wildman–Crippen LogP) is 6.44. The van der Waals surface area contributed by atoms with E-state index in [0.29, 0.717) is 35.0 Å². The molecular weight excluding hydrogens is 508 g/mol. The molecule has 194 valence electrons. The summed E-state index contributed by atoms with van der Waals surface area (Å²) in [5.41, 5.74) is 7.64. The topological polar surface area (TPSA) is 96.6 Å². The normalized spacial score (nSPS) is 13.9. The van der Waals surface area contributed by atoms with Gasteiger partial charge in [0.1, 0.15) is 5.76 Å². The van der Waals surface area contributed by atoms with Crippen molar-refractivity contribution in [1.82, 2.24) is 10.4 Å². The number of aryl methyl sites for hydroxylation is 1. The third-order valence-electron chi connectivity index (χ3n) is 6.88. The van der Waals surface area contributed by atoms with Gasteiger partial charge in [0.25, 0.3) is 11.8 Å². The van der Waals surface area contributed by atoms with Crippen LogP contribution in [0.5, 0.6) is 0 Å². The molecule has 0 radical (unpaired) electrons. The number of hydrogen-bond donors (Lipinski definition) is 2. The number of thiazole rings is 1. The van der Waals surface area contributed by atoms with Gasteiger partial charge in [-0.15, -0.1) is 0 Å². The van der Waals surface area contributed by atoms with E-state index in [1.54, 1.807) is 0 Å². The van der Waals surface area contributed by atoms with Crippen LogP contribution in [0.3, 0.4) is 0 Å². The summed E-state index contributed by atoms with van der Waals surface area (Å²) in [7, 11) is 0. The third-order valence-corrected chi connectivity index (χ3v) is 7.83. The van der Waals surface area contributed by atoms with Crippen LogP contribution >= 0.6 is 11.3 Å². The number of benzene rings is 3. The first-order chi connectivity index (χ1) is 19.1. The molecule has 5 aromatic rings. The summed E-state index contributed by atoms with van der Waals surface area (Å²) in [5, 5.41) is 7.95. The fraction of sp³-hybridized carbons (Fsp3) is 0.161. The first-order valence-electron chi connectivity index (χ1n) is 12.8. The van der Waals surface area contributed by atoms with Gasteiger partial charge in [-0.1, -0.05) is 84.1 Å². The number of hydrazone groups is 1. The van der Waals surface area contributed by atoms with Gasteiger partial charge in [0, 0.05) is 17.5 Å². The number of aromatic nitrogens is 1. The second kappa shape index (κ2) is 10.7. The molecule has 2 heterocycles. The molecule has 6 rings (SSSR count). The predicted molar refractivity (Wildman–Crippen MR) is 153 cm³/mol. The van der Waals surface area contributed by atoms with Crippen LogP contribution in [0.15, 0.2) is 94.4 Å². The Labute approximate surface area is 229 Å². The number of carbonyl (C=O) groups is 2. The summed E-state index contributed by atoms with van der Waals surface area (Å²) in [5.74, 6) is -0.115. The van der Waals surface area contributed by atoms with Gasteiger partial charge in [0.15, 0.2) is 10.9 Å². The van der Waals surface area contributed by atoms with Gasteiger partial charge in [-0.3, -0.25) is 14.9 Å². The smallest absolute Gasteiger partial charge is 0.293 e. The SMILES string of the molecule is Cc1c(C(=O)Nc2nc3ccccc3s2)oc2c1/C(=N/NC(=O)C(c1ccccc1)c1ccccc1)CCC2. The van der Waals surface area contributed by atoms with Crippen LogP contribution in [-0.2, 0) is 11.2 Å². The van der Waals surface area contributed by atoms with Crippen molar-refractivity contribution in [2.24, 2.45) is 5.10 Å². The quantitative estimate of drug-likeness (QED) is 0.245. The zero-order valence-corrected chi connectivity index (χ0v) is 22.1. The zero-order chi connectivity index (χ0) is 26.8. The Morgan fingerprint density at radius 3 is 2.28 bits per heavy atom. The standard InChI is InChI=1S/C31H26N4O3S/c1-19-26-23(34-35-29(36)27(20-11-4-2-5-12-20)21-13-6-3-7-14-21)16-10-17-24(26)38-28(19)30(37)33-31-32-22-15-8-9-18-25(22)39-31/h2-9,11-15,18,27H,10,16-17H2,1H3,(H,35,36)(H,32,33,37)/b34-23+. The van der Waals surface area contributed by atoms with E-state index >= 15 is 0 Å². The van der Waals surface area contributed by atoms with Gasteiger partial charge in [-0.2, -0.15) is 5.10 Å². The highest BCUT2D eigenvalue weighted by molar-refractivity contribution is 7.22. The van der Waals surface area contributed by atoms with Crippen LogP contribution in [-0.4, -0.2) is 22.5 Å². The molecule has 1 aliphatic rings. The number of nitrogens with one attached hydrogen (secondary N) is 2. The van der Waals surface area contributed by atoms with Crippen molar-refractivity contribution < 1.29 is 14.0 Å². The van der Waals surface area contributed by atoms with Crippen molar-refractivity contribution in [2.75, 3.05) is 5.32 Å². The molecule has 39 heavy (non-hydrogen) atoms. The maximum atomic E-state index is 13.5. The first kappa shape index (κ1) is 24.8. The molecule has 0 saturated heterocycles. The molecule has 0 unspecified atom stereocenters. The van der Waals surface area contributed by atoms with Gasteiger partial charge in [-0.25, -0.2) is 10.4 Å². The lowest BCUT2D eigenvalue weighted by Gasteiger charge is -2.18. The molecule has 2 N–H and O–H groups in total. The number of carbonyl (C=O) groups excluding carboxylic acids is 2. The molecule has 0 atom stereocenters. The van der Waals surface area contributed by atoms with Gasteiger partial charge in [0.05, 0.1) is 21.8 Å². The van der Waals surface area contributed by atoms with E-state index in [9.17, 15) is 9.59 Å². The van der Waals surface area contributed by atoms with E-state index in [1.807, 2.05) is 91.9 Å². The van der Waals surface area contributed by atoms with Gasteiger partial charge < -0.3 is 4.42 Å². The van der Waals surface area contributed by atoms with Crippen LogP contribution in [0.25, 0.3) is 10.2 Å². The Kier molecular flexibility index (Phi) is 6.77. The Bertz CT molecular complexity index is 1620. The van der Waals surface area contributed by atoms with Crippen molar-refractivity contribution in [2.45, 2.75) is 32.1 Å². The van der Waals surface area contributed by atoms with Crippen molar-refractivity contribution in [3.63, 3.8) is 0 Å². The summed E-state index contributed by atoms with van der Waals surface area (Å²) < 4.78 is 7.04. The van der Waals surface area contributed by atoms with Crippen molar-refractivity contribution in [1.29, 1.82) is 0 Å². The molecular formula is C31H26N4O3S. The van der Waals surface area contributed by atoms with E-state index < -0.39 is 5.92 Å². The highest BCUT2D eigenvalue weighted by Gasteiger charge is 2.29. The first-order valence-corrected chi connectivity index (χ1v) is 13.7. The average Bonchev–Trinajstić information content (AvgIpc) is 3.53. The van der Waals surface area contributed by atoms with Crippen LogP contribution in [0.2, 0.25) is 0 Å². The Morgan fingerprint density at radius 2 is 1.59 bits per heavy atom. The van der Waals surface area contributed by atoms with E-state index in [-0.39, 0.29) is 17.6 Å². The van der Waals surface area contributed by atoms with E-state index in [2.05, 4.69) is 20.8 Å². The fourth-order valence-corrected chi connectivity index (χ4v) is 5.91. The maximum absolute atomic E-state index is 13.5. The molecule has 2 amide bonds. The molecule has 0 fully saturated rings. The van der Waals surface area contributed by atoms with Gasteiger partial charge >= 0.3 is 0 Å². The molecule has 3 aromatic carbocycles. The van der Waals surface area contributed by atoms with E-state index in [0.717, 1.165) is 33.3 Å². The lowest BCUT2D eigenvalue weighted by Crippen LogP contribution is -2.28. The largest absolute Gasteiger partial charge is 0.455 e. The summed E-state index contributed by atoms with van der Waals surface area (Å²) in [6.45, 7) is 1.86. The molecule has 0 bridgehead atoms. The number of amides is 2. The molecule has 1 aliphatic carbocycles. The highest BCUT2D eigenvalue weighted by atomic mass is 32.1. The van der Waals surface area contributed by atoms with E-state index in [4.69, 9.17) is 4.42 Å². The second-order valence-corrected chi connectivity index (χ2v) is 10.5. The minimum atomic E-state index is -0.500. The van der Waals surface area contributed by atoms with Crippen LogP contribution in [0.1, 0.15) is 57.3 Å². The minimum Gasteiger partial charge on any atom is -0.455 e. The number of hydrogen-bond acceptors (Lipinski definition) is 6. The second-order valence-electron chi connectivity index (χ2n) is 9.44. The average molecular weight is 535 g/mol. The molecule has 0 saturated carbocycles. The summed E-state index contributed by atoms with van der Waals surface area (Å²) in [6, 6.07) is 27.1. The summed E-state index contributed by atoms with van der Waals surface area (Å²) in [6.07, 6.45) is 2.19. The highest BCUT2D eigenvalue weighted by Crippen LogP contribution is 2.32. The number of para-hydroxylation sites is 1. The molecule has 8 heteroatoms. The monoisotopic (exact) mass is 534 g/mol. The minimum absolute atomic E-state index is 0.220. The number of rotatable bonds is 6. The molecule has 7 nitrogen and oxygen atoms in total. The molecule has 0 aliphatic heterocycles. The van der Waals surface area contributed by atoms with Gasteiger partial charge in [-0.05, 0) is 43.0 Å². The maximum Gasteiger partial charge on any atom is 0.293 e. The van der Waals surface area contributed by atoms with Crippen molar-refractivity contribution >= 4 is 44.2 Å². The van der Waals surface area contributed by atoms with E-state index in [1.165, 1.54) is 11.3 Å². The number of fused-ring (bicyclic) bond motifs is 2. The Balaban J connectivity index is 1.25. The van der Waals surface area contributed by atoms with Crippen LogP contribution < -0.4 is 10.7 Å². The number of anilines is 1. The zero-order valence-electron chi connectivity index (χ0n) is 21.3. The lowest BCUT2D eigenvalue weighted by molar-refractivity contribution is -0.121. The third kappa shape index (κ3) is 4.98. The Hall–Kier alpha value is -4.56. The van der Waals surface area contributed by atoms with Crippen LogP contribution in [0.4, 0.5) is 5.13 Å². The number of furan rings is 1. The lowest BCUT2D eigenvalue weighted by atomic mass is 9.90. The molecule has 0 spiro atoms. The van der Waals surface area contributed by atoms with Crippen LogP contribution in [0, 0.1) is 6.92 Å². The number of nitrogens with zero attached hydrogens (tertiary/aromatic N) is 2. The fourth-order valence-electron chi connectivity index (χ4n) is 5.05. The van der Waals surface area contributed by atoms with Crippen molar-refractivity contribution in [3.05, 3.63) is 119 Å². The van der Waals surface area contributed by atoms with Crippen molar-refractivity contribution in [3.8, 4) is 0 Å². The molecule has 2 aromatic heterocycles. The summed E-state index contributed by atoms with van der Waals surface area (Å²) in [4.78, 5) is 31.1. The van der Waals surface area contributed by atoms with Gasteiger partial charge in [0.2, 0.25) is 0 Å². The summed E-state index contributed by atoms with van der Waals surface area (Å²) >= 11 is 1.42. The Morgan fingerprint density at radius 1 is 0.923 bits per heavy atom.